The molecule has 0 radical (unpaired) electrons. The Morgan fingerprint density at radius 3 is 1.26 bits per heavy atom. The third-order valence-electron chi connectivity index (χ3n) is 3.33. The minimum atomic E-state index is -0.540. The van der Waals surface area contributed by atoms with E-state index in [1.165, 1.54) is 0 Å². The van der Waals surface area contributed by atoms with Gasteiger partial charge in [-0.25, -0.2) is 0 Å². The molecule has 2 nitrogen and oxygen atoms in total. The molecule has 19 heavy (non-hydrogen) atoms. The van der Waals surface area contributed by atoms with Crippen LogP contribution in [0.15, 0.2) is 73.8 Å². The van der Waals surface area contributed by atoms with Crippen molar-refractivity contribution in [2.24, 2.45) is 0 Å². The van der Waals surface area contributed by atoms with Crippen molar-refractivity contribution in [1.29, 1.82) is 0 Å². The molecular weight excluding hydrogens is 236 g/mol. The first-order chi connectivity index (χ1) is 9.12. The molecule has 0 heterocycles. The first-order valence-electron chi connectivity index (χ1n) is 5.98. The Kier molecular flexibility index (Phi) is 3.43. The fourth-order valence-corrected chi connectivity index (χ4v) is 2.20. The zero-order valence-corrected chi connectivity index (χ0v) is 10.6. The van der Waals surface area contributed by atoms with Crippen molar-refractivity contribution in [1.82, 2.24) is 0 Å². The van der Waals surface area contributed by atoms with Crippen molar-refractivity contribution < 1.29 is 10.2 Å². The van der Waals surface area contributed by atoms with E-state index in [-0.39, 0.29) is 11.5 Å². The fraction of sp³-hybridized carbons (Fsp3) is 0.0588. The zero-order valence-electron chi connectivity index (χ0n) is 10.6. The number of phenols is 2. The van der Waals surface area contributed by atoms with Gasteiger partial charge in [0.2, 0.25) is 0 Å². The van der Waals surface area contributed by atoms with Crippen LogP contribution in [0.1, 0.15) is 11.1 Å². The van der Waals surface area contributed by atoms with Gasteiger partial charge in [-0.15, -0.1) is 13.2 Å². The number of rotatable bonds is 4. The molecule has 0 amide bonds. The molecule has 0 fully saturated rings. The van der Waals surface area contributed by atoms with Gasteiger partial charge in [-0.05, 0) is 35.4 Å². The molecule has 0 unspecified atom stereocenters. The molecule has 2 heteroatoms. The molecule has 0 saturated carbocycles. The van der Waals surface area contributed by atoms with E-state index in [9.17, 15) is 10.2 Å². The van der Waals surface area contributed by atoms with Gasteiger partial charge in [0.1, 0.15) is 11.5 Å². The summed E-state index contributed by atoms with van der Waals surface area (Å²) in [4.78, 5) is 0. The Balaban J connectivity index is 2.60. The number of phenolic OH excluding ortho intramolecular Hbond substituents is 2. The van der Waals surface area contributed by atoms with E-state index in [1.54, 1.807) is 36.4 Å². The Labute approximate surface area is 113 Å². The molecular formula is C17H16O2. The van der Waals surface area contributed by atoms with Gasteiger partial charge in [-0.1, -0.05) is 36.4 Å². The van der Waals surface area contributed by atoms with Gasteiger partial charge < -0.3 is 10.2 Å². The van der Waals surface area contributed by atoms with Gasteiger partial charge in [-0.2, -0.15) is 0 Å². The molecule has 2 aromatic carbocycles. The molecule has 2 aromatic rings. The smallest absolute Gasteiger partial charge is 0.115 e. The molecule has 2 rings (SSSR count). The van der Waals surface area contributed by atoms with Gasteiger partial charge in [0.25, 0.3) is 0 Å². The number of aromatic hydroxyl groups is 2. The molecule has 96 valence electrons. The Morgan fingerprint density at radius 1 is 0.684 bits per heavy atom. The van der Waals surface area contributed by atoms with Crippen LogP contribution in [0.5, 0.6) is 11.5 Å². The Morgan fingerprint density at radius 2 is 1.00 bits per heavy atom. The van der Waals surface area contributed by atoms with Gasteiger partial charge in [-0.3, -0.25) is 0 Å². The van der Waals surface area contributed by atoms with E-state index >= 15 is 0 Å². The topological polar surface area (TPSA) is 40.5 Å². The summed E-state index contributed by atoms with van der Waals surface area (Å²) in [6.07, 6.45) is 3.61. The lowest BCUT2D eigenvalue weighted by Crippen LogP contribution is -2.21. The van der Waals surface area contributed by atoms with Gasteiger partial charge in [0.05, 0.1) is 5.41 Å². The van der Waals surface area contributed by atoms with Crippen LogP contribution in [-0.2, 0) is 5.41 Å². The normalized spacial score (nSPS) is 10.9. The van der Waals surface area contributed by atoms with Gasteiger partial charge >= 0.3 is 0 Å². The van der Waals surface area contributed by atoms with E-state index in [1.807, 2.05) is 24.3 Å². The SMILES string of the molecule is C=CC(C=C)(c1ccc(O)cc1)c1ccc(O)cc1. The molecule has 0 aliphatic carbocycles. The van der Waals surface area contributed by atoms with Crippen LogP contribution in [0.4, 0.5) is 0 Å². The highest BCUT2D eigenvalue weighted by atomic mass is 16.3. The summed E-state index contributed by atoms with van der Waals surface area (Å²) < 4.78 is 0. The predicted octanol–water partition coefficient (Wildman–Crippen LogP) is 3.76. The molecule has 0 aromatic heterocycles. The summed E-state index contributed by atoms with van der Waals surface area (Å²) >= 11 is 0. The maximum Gasteiger partial charge on any atom is 0.115 e. The minimum Gasteiger partial charge on any atom is -0.508 e. The number of allylic oxidation sites excluding steroid dienone is 2. The van der Waals surface area contributed by atoms with Crippen molar-refractivity contribution >= 4 is 0 Å². The average Bonchev–Trinajstić information content (AvgIpc) is 2.44. The average molecular weight is 252 g/mol. The Bertz CT molecular complexity index is 524. The largest absolute Gasteiger partial charge is 0.508 e. The highest BCUT2D eigenvalue weighted by molar-refractivity contribution is 5.50. The Hall–Kier alpha value is -2.48. The van der Waals surface area contributed by atoms with Gasteiger partial charge in [0.15, 0.2) is 0 Å². The summed E-state index contributed by atoms with van der Waals surface area (Å²) in [6.45, 7) is 7.81. The van der Waals surface area contributed by atoms with E-state index in [2.05, 4.69) is 13.2 Å². The summed E-state index contributed by atoms with van der Waals surface area (Å²) in [5.41, 5.74) is 1.38. The molecule has 0 aliphatic heterocycles. The first kappa shape index (κ1) is 13.0. The quantitative estimate of drug-likeness (QED) is 0.813. The predicted molar refractivity (Wildman–Crippen MR) is 77.4 cm³/mol. The van der Waals surface area contributed by atoms with Crippen molar-refractivity contribution in [2.45, 2.75) is 5.41 Å². The molecule has 0 saturated heterocycles. The second kappa shape index (κ2) is 5.02. The minimum absolute atomic E-state index is 0.219. The van der Waals surface area contributed by atoms with E-state index < -0.39 is 5.41 Å². The second-order valence-corrected chi connectivity index (χ2v) is 4.37. The first-order valence-corrected chi connectivity index (χ1v) is 5.98. The summed E-state index contributed by atoms with van der Waals surface area (Å²) in [5, 5.41) is 18.8. The monoisotopic (exact) mass is 252 g/mol. The van der Waals surface area contributed by atoms with E-state index in [0.717, 1.165) is 11.1 Å². The molecule has 0 bridgehead atoms. The van der Waals surface area contributed by atoms with Crippen LogP contribution in [0.3, 0.4) is 0 Å². The highest BCUT2D eigenvalue weighted by Gasteiger charge is 2.27. The van der Waals surface area contributed by atoms with Crippen LogP contribution in [0.2, 0.25) is 0 Å². The number of hydrogen-bond acceptors (Lipinski definition) is 2. The number of benzene rings is 2. The lowest BCUT2D eigenvalue weighted by atomic mass is 9.75. The fourth-order valence-electron chi connectivity index (χ4n) is 2.20. The van der Waals surface area contributed by atoms with Crippen molar-refractivity contribution in [2.75, 3.05) is 0 Å². The summed E-state index contributed by atoms with van der Waals surface area (Å²) in [7, 11) is 0. The van der Waals surface area contributed by atoms with Crippen molar-refractivity contribution in [3.8, 4) is 11.5 Å². The highest BCUT2D eigenvalue weighted by Crippen LogP contribution is 2.36. The third kappa shape index (κ3) is 2.25. The zero-order chi connectivity index (χ0) is 13.9. The summed E-state index contributed by atoms with van der Waals surface area (Å²) in [6, 6.07) is 13.9. The molecule has 0 aliphatic rings. The molecule has 0 spiro atoms. The number of hydrogen-bond donors (Lipinski definition) is 2. The second-order valence-electron chi connectivity index (χ2n) is 4.37. The molecule has 2 N–H and O–H groups in total. The van der Waals surface area contributed by atoms with Crippen LogP contribution >= 0.6 is 0 Å². The van der Waals surface area contributed by atoms with Gasteiger partial charge in [0, 0.05) is 0 Å². The standard InChI is InChI=1S/C17H16O2/c1-3-17(4-2,13-5-9-15(18)10-6-13)14-7-11-16(19)12-8-14/h3-12,18-19H,1-2H2. The maximum atomic E-state index is 9.39. The van der Waals surface area contributed by atoms with E-state index in [0.29, 0.717) is 0 Å². The third-order valence-corrected chi connectivity index (χ3v) is 3.33. The maximum absolute atomic E-state index is 9.39. The summed E-state index contributed by atoms with van der Waals surface area (Å²) in [5.74, 6) is 0.438. The molecule has 0 atom stereocenters. The van der Waals surface area contributed by atoms with Crippen LogP contribution in [0.25, 0.3) is 0 Å². The van der Waals surface area contributed by atoms with E-state index in [4.69, 9.17) is 0 Å². The van der Waals surface area contributed by atoms with Crippen molar-refractivity contribution in [3.05, 3.63) is 85.0 Å². The van der Waals surface area contributed by atoms with Crippen LogP contribution < -0.4 is 0 Å². The lowest BCUT2D eigenvalue weighted by Gasteiger charge is -2.28. The lowest BCUT2D eigenvalue weighted by molar-refractivity contribution is 0.475. The van der Waals surface area contributed by atoms with Crippen LogP contribution in [-0.4, -0.2) is 10.2 Å². The van der Waals surface area contributed by atoms with Crippen molar-refractivity contribution in [3.63, 3.8) is 0 Å². The van der Waals surface area contributed by atoms with Crippen LogP contribution in [0, 0.1) is 0 Å².